The van der Waals surface area contributed by atoms with Crippen LogP contribution in [0.2, 0.25) is 0 Å². The normalized spacial score (nSPS) is 12.0. The van der Waals surface area contributed by atoms with Gasteiger partial charge in [-0.1, -0.05) is 25.1 Å². The molecule has 0 amide bonds. The number of allylic oxidation sites excluding steroid dienone is 1. The lowest BCUT2D eigenvalue weighted by molar-refractivity contribution is 0.556. The fraction of sp³-hybridized carbons (Fsp3) is 0.190. The number of hydrogen-bond donors (Lipinski definition) is 1. The molecule has 0 aliphatic carbocycles. The molecule has 0 aliphatic rings. The molecule has 0 radical (unpaired) electrons. The molecule has 0 aliphatic heterocycles. The molecular formula is C21H17N3O2S. The van der Waals surface area contributed by atoms with E-state index < -0.39 is 0 Å². The molecule has 27 heavy (non-hydrogen) atoms. The van der Waals surface area contributed by atoms with Crippen molar-refractivity contribution in [2.75, 3.05) is 0 Å². The highest BCUT2D eigenvalue weighted by molar-refractivity contribution is 7.18. The summed E-state index contributed by atoms with van der Waals surface area (Å²) in [5.74, 6) is 1.08. The molecule has 0 atom stereocenters. The van der Waals surface area contributed by atoms with Crippen LogP contribution in [-0.4, -0.2) is 9.97 Å². The second-order valence-corrected chi connectivity index (χ2v) is 7.54. The Labute approximate surface area is 159 Å². The maximum absolute atomic E-state index is 12.5. The van der Waals surface area contributed by atoms with Crippen molar-refractivity contribution in [2.45, 2.75) is 27.2 Å². The number of nitrogens with one attached hydrogen (secondary N) is 1. The molecular weight excluding hydrogens is 358 g/mol. The number of thiophene rings is 1. The van der Waals surface area contributed by atoms with Gasteiger partial charge in [0.1, 0.15) is 22.2 Å². The Balaban J connectivity index is 1.95. The van der Waals surface area contributed by atoms with Crippen molar-refractivity contribution in [3.63, 3.8) is 0 Å². The van der Waals surface area contributed by atoms with Crippen LogP contribution >= 0.6 is 11.3 Å². The largest absolute Gasteiger partial charge is 0.460 e. The lowest BCUT2D eigenvalue weighted by atomic mass is 10.1. The summed E-state index contributed by atoms with van der Waals surface area (Å²) in [7, 11) is 0. The number of furan rings is 1. The van der Waals surface area contributed by atoms with E-state index in [0.29, 0.717) is 22.2 Å². The van der Waals surface area contributed by atoms with Crippen molar-refractivity contribution in [3.8, 4) is 6.07 Å². The molecule has 0 fully saturated rings. The lowest BCUT2D eigenvalue weighted by Crippen LogP contribution is -2.10. The molecule has 0 saturated carbocycles. The summed E-state index contributed by atoms with van der Waals surface area (Å²) in [5.41, 5.74) is 2.65. The summed E-state index contributed by atoms with van der Waals surface area (Å²) in [6, 6.07) is 9.89. The van der Waals surface area contributed by atoms with E-state index in [1.165, 1.54) is 11.3 Å². The zero-order valence-electron chi connectivity index (χ0n) is 15.2. The minimum Gasteiger partial charge on any atom is -0.460 e. The third-order valence-corrected chi connectivity index (χ3v) is 5.84. The first-order chi connectivity index (χ1) is 13.0. The summed E-state index contributed by atoms with van der Waals surface area (Å²) in [6.45, 7) is 5.88. The van der Waals surface area contributed by atoms with Crippen LogP contribution in [0.15, 0.2) is 33.5 Å². The van der Waals surface area contributed by atoms with Crippen molar-refractivity contribution in [2.24, 2.45) is 0 Å². The number of aryl methyl sites for hydroxylation is 3. The topological polar surface area (TPSA) is 82.7 Å². The third kappa shape index (κ3) is 2.77. The molecule has 0 unspecified atom stereocenters. The van der Waals surface area contributed by atoms with E-state index >= 15 is 0 Å². The van der Waals surface area contributed by atoms with Gasteiger partial charge in [-0.25, -0.2) is 4.98 Å². The van der Waals surface area contributed by atoms with Crippen LogP contribution in [0.3, 0.4) is 0 Å². The molecule has 3 aromatic heterocycles. The quantitative estimate of drug-likeness (QED) is 0.512. The van der Waals surface area contributed by atoms with Gasteiger partial charge in [-0.05, 0) is 31.6 Å². The number of rotatable bonds is 3. The molecule has 1 N–H and O–H groups in total. The van der Waals surface area contributed by atoms with Gasteiger partial charge in [0.2, 0.25) is 0 Å². The molecule has 4 rings (SSSR count). The van der Waals surface area contributed by atoms with Gasteiger partial charge in [0, 0.05) is 22.2 Å². The maximum atomic E-state index is 12.5. The van der Waals surface area contributed by atoms with Crippen LogP contribution in [0.4, 0.5) is 0 Å². The Hall–Kier alpha value is -3.17. The van der Waals surface area contributed by atoms with E-state index in [1.807, 2.05) is 45.0 Å². The number of hydrogen-bond acceptors (Lipinski definition) is 5. The first-order valence-corrected chi connectivity index (χ1v) is 9.47. The van der Waals surface area contributed by atoms with Gasteiger partial charge in [-0.3, -0.25) is 4.79 Å². The van der Waals surface area contributed by atoms with Gasteiger partial charge in [0.25, 0.3) is 5.56 Å². The zero-order chi connectivity index (χ0) is 19.1. The molecule has 0 bridgehead atoms. The summed E-state index contributed by atoms with van der Waals surface area (Å²) >= 11 is 1.47. The monoisotopic (exact) mass is 375 g/mol. The van der Waals surface area contributed by atoms with E-state index in [4.69, 9.17) is 4.42 Å². The molecule has 3 heterocycles. The van der Waals surface area contributed by atoms with Gasteiger partial charge < -0.3 is 9.40 Å². The summed E-state index contributed by atoms with van der Waals surface area (Å²) in [5, 5.41) is 11.3. The lowest BCUT2D eigenvalue weighted by Gasteiger charge is -2.01. The highest BCUT2D eigenvalue weighted by atomic mass is 32.1. The second kappa shape index (κ2) is 6.53. The highest BCUT2D eigenvalue weighted by Gasteiger charge is 2.16. The number of benzene rings is 1. The fourth-order valence-corrected chi connectivity index (χ4v) is 4.25. The van der Waals surface area contributed by atoms with E-state index in [2.05, 4.69) is 16.0 Å². The number of H-pyrrole nitrogens is 1. The number of fused-ring (bicyclic) bond motifs is 2. The minimum atomic E-state index is -0.217. The van der Waals surface area contributed by atoms with E-state index in [-0.39, 0.29) is 11.4 Å². The van der Waals surface area contributed by atoms with E-state index in [9.17, 15) is 10.1 Å². The molecule has 134 valence electrons. The summed E-state index contributed by atoms with van der Waals surface area (Å²) < 4.78 is 5.90. The molecule has 1 aromatic carbocycles. The standard InChI is InChI=1S/C21H17N3O2S/c1-4-16-15(14-7-5-6-8-17(14)26-16)9-13(10-22)19-23-20(25)18-11(2)12(3)27-21(18)24-19/h5-9H,4H2,1-3H3,(H,23,24,25)/b13-9+. The van der Waals surface area contributed by atoms with Gasteiger partial charge in [-0.15, -0.1) is 11.3 Å². The molecule has 6 heteroatoms. The van der Waals surface area contributed by atoms with Crippen molar-refractivity contribution in [1.29, 1.82) is 5.26 Å². The SMILES string of the molecule is CCc1oc2ccccc2c1/C=C(\C#N)c1nc2sc(C)c(C)c2c(=O)[nH]1. The average Bonchev–Trinajstić information content (AvgIpc) is 3.16. The predicted molar refractivity (Wildman–Crippen MR) is 109 cm³/mol. The van der Waals surface area contributed by atoms with Gasteiger partial charge in [-0.2, -0.15) is 5.26 Å². The maximum Gasteiger partial charge on any atom is 0.260 e. The summed E-state index contributed by atoms with van der Waals surface area (Å²) in [6.07, 6.45) is 2.45. The van der Waals surface area contributed by atoms with Crippen LogP contribution in [0.25, 0.3) is 32.8 Å². The van der Waals surface area contributed by atoms with Crippen molar-refractivity contribution < 1.29 is 4.42 Å². The molecule has 0 saturated heterocycles. The highest BCUT2D eigenvalue weighted by Crippen LogP contribution is 2.30. The number of nitriles is 1. The Bertz CT molecular complexity index is 1320. The minimum absolute atomic E-state index is 0.217. The summed E-state index contributed by atoms with van der Waals surface area (Å²) in [4.78, 5) is 21.6. The van der Waals surface area contributed by atoms with Crippen molar-refractivity contribution in [3.05, 3.63) is 62.2 Å². The van der Waals surface area contributed by atoms with Crippen LogP contribution in [0.5, 0.6) is 0 Å². The number of aromatic amines is 1. The molecule has 4 aromatic rings. The van der Waals surface area contributed by atoms with Crippen LogP contribution < -0.4 is 5.56 Å². The van der Waals surface area contributed by atoms with Gasteiger partial charge >= 0.3 is 0 Å². The van der Waals surface area contributed by atoms with Crippen molar-refractivity contribution in [1.82, 2.24) is 9.97 Å². The first kappa shape index (κ1) is 17.3. The Morgan fingerprint density at radius 1 is 1.37 bits per heavy atom. The Morgan fingerprint density at radius 3 is 2.89 bits per heavy atom. The second-order valence-electron chi connectivity index (χ2n) is 6.34. The predicted octanol–water partition coefficient (Wildman–Crippen LogP) is 4.97. The fourth-order valence-electron chi connectivity index (χ4n) is 3.22. The molecule has 0 spiro atoms. The van der Waals surface area contributed by atoms with Crippen molar-refractivity contribution >= 4 is 44.2 Å². The van der Waals surface area contributed by atoms with E-state index in [0.717, 1.165) is 32.7 Å². The van der Waals surface area contributed by atoms with E-state index in [1.54, 1.807) is 6.08 Å². The number of para-hydroxylation sites is 1. The Kier molecular flexibility index (Phi) is 4.17. The third-order valence-electron chi connectivity index (χ3n) is 4.74. The first-order valence-electron chi connectivity index (χ1n) is 8.66. The van der Waals surface area contributed by atoms with Crippen LogP contribution in [0, 0.1) is 25.2 Å². The number of nitrogens with zero attached hydrogens (tertiary/aromatic N) is 2. The smallest absolute Gasteiger partial charge is 0.260 e. The zero-order valence-corrected chi connectivity index (χ0v) is 16.0. The Morgan fingerprint density at radius 2 is 2.15 bits per heavy atom. The van der Waals surface area contributed by atoms with Crippen LogP contribution in [-0.2, 0) is 6.42 Å². The molecule has 5 nitrogen and oxygen atoms in total. The van der Waals surface area contributed by atoms with Gasteiger partial charge in [0.05, 0.1) is 11.0 Å². The van der Waals surface area contributed by atoms with Gasteiger partial charge in [0.15, 0.2) is 5.82 Å². The average molecular weight is 375 g/mol. The van der Waals surface area contributed by atoms with Crippen LogP contribution in [0.1, 0.15) is 34.5 Å². The number of aromatic nitrogens is 2.